The van der Waals surface area contributed by atoms with Crippen molar-refractivity contribution >= 4 is 29.3 Å². The normalized spacial score (nSPS) is 11.4. The van der Waals surface area contributed by atoms with Gasteiger partial charge in [0, 0.05) is 15.5 Å². The Labute approximate surface area is 182 Å². The molecule has 0 bridgehead atoms. The largest absolute Gasteiger partial charge is 0.455 e. The first kappa shape index (κ1) is 22.1. The zero-order chi connectivity index (χ0) is 22.1. The predicted octanol–water partition coefficient (Wildman–Crippen LogP) is 5.44. The summed E-state index contributed by atoms with van der Waals surface area (Å²) >= 11 is 7.01. The molecule has 0 spiro atoms. The lowest BCUT2D eigenvalue weighted by Crippen LogP contribution is -2.30. The summed E-state index contributed by atoms with van der Waals surface area (Å²) in [5.41, 5.74) is -0.562. The first-order valence-corrected chi connectivity index (χ1v) is 10.3. The third kappa shape index (κ3) is 4.91. The molecule has 3 aromatic rings. The molecule has 0 aliphatic rings. The summed E-state index contributed by atoms with van der Waals surface area (Å²) in [6.45, 7) is 6.81. The van der Waals surface area contributed by atoms with Gasteiger partial charge < -0.3 is 4.74 Å². The third-order valence-electron chi connectivity index (χ3n) is 3.98. The minimum Gasteiger partial charge on any atom is -0.455 e. The third-order valence-corrected chi connectivity index (χ3v) is 5.45. The van der Waals surface area contributed by atoms with Gasteiger partial charge in [-0.1, -0.05) is 41.6 Å². The molecule has 1 heterocycles. The van der Waals surface area contributed by atoms with Crippen molar-refractivity contribution in [2.75, 3.05) is 0 Å². The zero-order valence-corrected chi connectivity index (χ0v) is 18.5. The molecule has 5 nitrogen and oxygen atoms in total. The van der Waals surface area contributed by atoms with E-state index in [1.54, 1.807) is 70.2 Å². The average molecular weight is 447 g/mol. The molecule has 2 aromatic carbocycles. The number of ether oxygens (including phenoxy) is 1. The fraction of sp³-hybridized carbons (Fsp3) is 0.227. The number of rotatable bonds is 4. The van der Waals surface area contributed by atoms with Gasteiger partial charge in [0.05, 0.1) is 10.6 Å². The van der Waals surface area contributed by atoms with E-state index in [9.17, 15) is 14.0 Å². The fourth-order valence-corrected chi connectivity index (χ4v) is 3.79. The number of carbonyl (C=O) groups excluding carboxylic acids is 1. The second kappa shape index (κ2) is 8.62. The lowest BCUT2D eigenvalue weighted by atomic mass is 10.2. The van der Waals surface area contributed by atoms with Gasteiger partial charge in [-0.2, -0.15) is 9.78 Å². The SMILES string of the molecule is Cc1c(C(=O)OC(C)(C)C)nn(-c2cccc(Cl)c2)c(=O)c1Sc1ccccc1F. The summed E-state index contributed by atoms with van der Waals surface area (Å²) in [6, 6.07) is 12.6. The maximum Gasteiger partial charge on any atom is 0.359 e. The minimum absolute atomic E-state index is 0.0247. The Balaban J connectivity index is 2.23. The van der Waals surface area contributed by atoms with Gasteiger partial charge in [-0.3, -0.25) is 4.79 Å². The van der Waals surface area contributed by atoms with Crippen molar-refractivity contribution in [3.63, 3.8) is 0 Å². The van der Waals surface area contributed by atoms with Gasteiger partial charge in [0.2, 0.25) is 0 Å². The van der Waals surface area contributed by atoms with Crippen LogP contribution in [0.25, 0.3) is 5.69 Å². The number of carbonyl (C=O) groups is 1. The van der Waals surface area contributed by atoms with Gasteiger partial charge in [-0.05, 0) is 58.0 Å². The number of benzene rings is 2. The smallest absolute Gasteiger partial charge is 0.359 e. The lowest BCUT2D eigenvalue weighted by Gasteiger charge is -2.21. The number of hydrogen-bond donors (Lipinski definition) is 0. The van der Waals surface area contributed by atoms with E-state index in [-0.39, 0.29) is 15.5 Å². The highest BCUT2D eigenvalue weighted by Crippen LogP contribution is 2.31. The van der Waals surface area contributed by atoms with E-state index >= 15 is 0 Å². The summed E-state index contributed by atoms with van der Waals surface area (Å²) in [5, 5.41) is 4.66. The molecule has 0 amide bonds. The maximum atomic E-state index is 14.2. The van der Waals surface area contributed by atoms with E-state index in [1.165, 1.54) is 6.07 Å². The number of aromatic nitrogens is 2. The molecule has 0 N–H and O–H groups in total. The van der Waals surface area contributed by atoms with Gasteiger partial charge in [-0.25, -0.2) is 9.18 Å². The highest BCUT2D eigenvalue weighted by Gasteiger charge is 2.26. The van der Waals surface area contributed by atoms with Crippen molar-refractivity contribution in [3.8, 4) is 5.69 Å². The molecule has 0 atom stereocenters. The van der Waals surface area contributed by atoms with Gasteiger partial charge in [0.25, 0.3) is 5.56 Å². The number of nitrogens with zero attached hydrogens (tertiary/aromatic N) is 2. The Kier molecular flexibility index (Phi) is 6.33. The zero-order valence-electron chi connectivity index (χ0n) is 16.9. The van der Waals surface area contributed by atoms with E-state index in [0.717, 1.165) is 16.4 Å². The molecule has 0 aliphatic heterocycles. The van der Waals surface area contributed by atoms with Crippen LogP contribution in [0.2, 0.25) is 5.02 Å². The van der Waals surface area contributed by atoms with E-state index in [1.807, 2.05) is 0 Å². The van der Waals surface area contributed by atoms with Gasteiger partial charge in [0.15, 0.2) is 5.69 Å². The van der Waals surface area contributed by atoms with Crippen LogP contribution in [-0.2, 0) is 4.74 Å². The van der Waals surface area contributed by atoms with Crippen LogP contribution in [0.15, 0.2) is 63.1 Å². The van der Waals surface area contributed by atoms with Crippen LogP contribution in [0.1, 0.15) is 36.8 Å². The summed E-state index contributed by atoms with van der Waals surface area (Å²) in [6.07, 6.45) is 0. The maximum absolute atomic E-state index is 14.2. The molecule has 30 heavy (non-hydrogen) atoms. The van der Waals surface area contributed by atoms with Crippen molar-refractivity contribution < 1.29 is 13.9 Å². The Morgan fingerprint density at radius 3 is 2.50 bits per heavy atom. The van der Waals surface area contributed by atoms with E-state index in [4.69, 9.17) is 16.3 Å². The van der Waals surface area contributed by atoms with Crippen LogP contribution in [-0.4, -0.2) is 21.4 Å². The van der Waals surface area contributed by atoms with Crippen molar-refractivity contribution in [1.82, 2.24) is 9.78 Å². The van der Waals surface area contributed by atoms with E-state index < -0.39 is 22.9 Å². The Morgan fingerprint density at radius 1 is 1.17 bits per heavy atom. The molecule has 3 rings (SSSR count). The summed E-state index contributed by atoms with van der Waals surface area (Å²) in [7, 11) is 0. The number of hydrogen-bond acceptors (Lipinski definition) is 5. The molecule has 156 valence electrons. The van der Waals surface area contributed by atoms with Crippen molar-refractivity contribution in [2.45, 2.75) is 43.1 Å². The van der Waals surface area contributed by atoms with Crippen molar-refractivity contribution in [2.24, 2.45) is 0 Å². The highest BCUT2D eigenvalue weighted by molar-refractivity contribution is 7.99. The van der Waals surface area contributed by atoms with Crippen LogP contribution in [0.3, 0.4) is 0 Å². The topological polar surface area (TPSA) is 61.2 Å². The average Bonchev–Trinajstić information content (AvgIpc) is 2.65. The molecule has 1 aromatic heterocycles. The summed E-state index contributed by atoms with van der Waals surface area (Å²) < 4.78 is 20.8. The van der Waals surface area contributed by atoms with Gasteiger partial charge in [-0.15, -0.1) is 0 Å². The van der Waals surface area contributed by atoms with Gasteiger partial charge >= 0.3 is 5.97 Å². The molecule has 0 saturated heterocycles. The molecule has 8 heteroatoms. The molecule has 0 aliphatic carbocycles. The molecule has 0 saturated carbocycles. The van der Waals surface area contributed by atoms with Crippen molar-refractivity contribution in [3.05, 3.63) is 81.0 Å². The first-order chi connectivity index (χ1) is 14.1. The predicted molar refractivity (Wildman–Crippen MR) is 115 cm³/mol. The summed E-state index contributed by atoms with van der Waals surface area (Å²) in [5.74, 6) is -1.14. The first-order valence-electron chi connectivity index (χ1n) is 9.12. The molecule has 0 radical (unpaired) electrons. The highest BCUT2D eigenvalue weighted by atomic mass is 35.5. The van der Waals surface area contributed by atoms with E-state index in [2.05, 4.69) is 5.10 Å². The molecule has 0 fully saturated rings. The number of halogens is 2. The second-order valence-corrected chi connectivity index (χ2v) is 9.02. The van der Waals surface area contributed by atoms with Crippen LogP contribution in [0.5, 0.6) is 0 Å². The van der Waals surface area contributed by atoms with Crippen LogP contribution in [0.4, 0.5) is 4.39 Å². The molecular weight excluding hydrogens is 427 g/mol. The van der Waals surface area contributed by atoms with E-state index in [0.29, 0.717) is 16.3 Å². The Morgan fingerprint density at radius 2 is 1.87 bits per heavy atom. The van der Waals surface area contributed by atoms with Crippen LogP contribution < -0.4 is 5.56 Å². The molecular formula is C22H20ClFN2O3S. The Hall–Kier alpha value is -2.64. The quantitative estimate of drug-likeness (QED) is 0.499. The standard InChI is InChI=1S/C22H20ClFN2O3S/c1-13-18(21(28)29-22(2,3)4)25-26(15-9-7-8-14(23)12-15)20(27)19(13)30-17-11-6-5-10-16(17)24/h5-12H,1-4H3. The monoisotopic (exact) mass is 446 g/mol. The Bertz CT molecular complexity index is 1170. The molecule has 0 unspecified atom stereocenters. The number of esters is 1. The van der Waals surface area contributed by atoms with Crippen LogP contribution >= 0.6 is 23.4 Å². The minimum atomic E-state index is -0.749. The van der Waals surface area contributed by atoms with Crippen LogP contribution in [0, 0.1) is 12.7 Å². The second-order valence-electron chi connectivity index (χ2n) is 7.53. The van der Waals surface area contributed by atoms with Crippen molar-refractivity contribution in [1.29, 1.82) is 0 Å². The summed E-state index contributed by atoms with van der Waals surface area (Å²) in [4.78, 5) is 26.5. The van der Waals surface area contributed by atoms with Gasteiger partial charge in [0.1, 0.15) is 11.4 Å². The fourth-order valence-electron chi connectivity index (χ4n) is 2.65. The lowest BCUT2D eigenvalue weighted by molar-refractivity contribution is 0.00593.